The van der Waals surface area contributed by atoms with Crippen LogP contribution in [0.1, 0.15) is 62.5 Å². The van der Waals surface area contributed by atoms with E-state index < -0.39 is 0 Å². The number of benzene rings is 2. The predicted octanol–water partition coefficient (Wildman–Crippen LogP) is 4.88. The van der Waals surface area contributed by atoms with Crippen LogP contribution in [0.25, 0.3) is 0 Å². The van der Waals surface area contributed by atoms with Crippen molar-refractivity contribution in [3.63, 3.8) is 0 Å². The molecule has 1 atom stereocenters. The molecule has 0 aromatic heterocycles. The lowest BCUT2D eigenvalue weighted by Crippen LogP contribution is -2.54. The molecule has 3 amide bonds. The topological polar surface area (TPSA) is 64.7 Å². The van der Waals surface area contributed by atoms with Crippen molar-refractivity contribution in [3.8, 4) is 0 Å². The first-order valence-corrected chi connectivity index (χ1v) is 13.9. The first kappa shape index (κ1) is 24.8. The molecule has 1 unspecified atom stereocenters. The van der Waals surface area contributed by atoms with E-state index in [9.17, 15) is 9.59 Å². The number of para-hydroxylation sites is 1. The standard InChI is InChI=1S/C30H40N4O2/c35-29(25-12-5-2-6-13-25)34-27(16-15-24-11-7-8-14-28(24)34)22-33-19-17-26(18-20-33)32-30(36)31-21-23-9-3-1-4-10-23/h1,3-4,7-11,14,25-27H,2,5-6,12-13,15-22H2,(H2,31,32,36). The van der Waals surface area contributed by atoms with Crippen LogP contribution in [0.15, 0.2) is 54.6 Å². The second-order valence-electron chi connectivity index (χ2n) is 10.8. The molecule has 2 heterocycles. The molecule has 2 fully saturated rings. The van der Waals surface area contributed by atoms with Gasteiger partial charge in [0.05, 0.1) is 0 Å². The maximum absolute atomic E-state index is 13.8. The Hall–Kier alpha value is -2.86. The fourth-order valence-electron chi connectivity index (χ4n) is 6.20. The van der Waals surface area contributed by atoms with E-state index in [1.165, 1.54) is 24.8 Å². The van der Waals surface area contributed by atoms with E-state index in [0.29, 0.717) is 12.5 Å². The Morgan fingerprint density at radius 1 is 0.833 bits per heavy atom. The van der Waals surface area contributed by atoms with Crippen molar-refractivity contribution in [2.45, 2.75) is 76.4 Å². The fraction of sp³-hybridized carbons (Fsp3) is 0.533. The van der Waals surface area contributed by atoms with Crippen molar-refractivity contribution in [1.82, 2.24) is 15.5 Å². The van der Waals surface area contributed by atoms with Crippen LogP contribution in [-0.4, -0.2) is 48.6 Å². The number of piperidine rings is 1. The summed E-state index contributed by atoms with van der Waals surface area (Å²) in [6.45, 7) is 3.36. The van der Waals surface area contributed by atoms with E-state index in [0.717, 1.165) is 69.4 Å². The van der Waals surface area contributed by atoms with E-state index in [1.807, 2.05) is 30.3 Å². The number of aryl methyl sites for hydroxylation is 1. The number of fused-ring (bicyclic) bond motifs is 1. The predicted molar refractivity (Wildman–Crippen MR) is 144 cm³/mol. The molecule has 6 nitrogen and oxygen atoms in total. The highest BCUT2D eigenvalue weighted by Crippen LogP contribution is 2.35. The highest BCUT2D eigenvalue weighted by molar-refractivity contribution is 5.97. The minimum atomic E-state index is -0.0922. The van der Waals surface area contributed by atoms with Gasteiger partial charge in [-0.05, 0) is 55.7 Å². The van der Waals surface area contributed by atoms with E-state index >= 15 is 0 Å². The van der Waals surface area contributed by atoms with Crippen molar-refractivity contribution in [2.75, 3.05) is 24.5 Å². The van der Waals surface area contributed by atoms with Gasteiger partial charge in [0.2, 0.25) is 5.91 Å². The van der Waals surface area contributed by atoms with Crippen LogP contribution in [0, 0.1) is 5.92 Å². The SMILES string of the molecule is O=C(NCc1ccccc1)NC1CCN(CC2CCc3ccccc3N2C(=O)C2CCCCC2)CC1. The van der Waals surface area contributed by atoms with Gasteiger partial charge in [-0.2, -0.15) is 0 Å². The molecule has 192 valence electrons. The van der Waals surface area contributed by atoms with Crippen LogP contribution < -0.4 is 15.5 Å². The number of likely N-dealkylation sites (tertiary alicyclic amines) is 1. The number of amides is 3. The van der Waals surface area contributed by atoms with Gasteiger partial charge < -0.3 is 20.4 Å². The number of rotatable bonds is 6. The van der Waals surface area contributed by atoms with Crippen LogP contribution >= 0.6 is 0 Å². The molecule has 1 saturated heterocycles. The molecule has 2 N–H and O–H groups in total. The van der Waals surface area contributed by atoms with Crippen molar-refractivity contribution in [3.05, 3.63) is 65.7 Å². The number of anilines is 1. The Kier molecular flexibility index (Phi) is 8.22. The third-order valence-electron chi connectivity index (χ3n) is 8.24. The zero-order chi connectivity index (χ0) is 24.7. The Bertz CT molecular complexity index is 1010. The van der Waals surface area contributed by atoms with Crippen LogP contribution in [0.3, 0.4) is 0 Å². The number of urea groups is 1. The molecule has 5 rings (SSSR count). The minimum absolute atomic E-state index is 0.0922. The summed E-state index contributed by atoms with van der Waals surface area (Å²) in [4.78, 5) is 30.8. The average Bonchev–Trinajstić information content (AvgIpc) is 2.93. The summed E-state index contributed by atoms with van der Waals surface area (Å²) in [7, 11) is 0. The molecule has 0 radical (unpaired) electrons. The zero-order valence-corrected chi connectivity index (χ0v) is 21.3. The second kappa shape index (κ2) is 11.9. The quantitative estimate of drug-likeness (QED) is 0.609. The molecular formula is C30H40N4O2. The van der Waals surface area contributed by atoms with Gasteiger partial charge in [0.15, 0.2) is 0 Å². The summed E-state index contributed by atoms with van der Waals surface area (Å²) >= 11 is 0. The van der Waals surface area contributed by atoms with E-state index in [2.05, 4.69) is 44.7 Å². The summed E-state index contributed by atoms with van der Waals surface area (Å²) in [5, 5.41) is 6.13. The molecule has 1 saturated carbocycles. The van der Waals surface area contributed by atoms with Gasteiger partial charge in [-0.1, -0.05) is 67.8 Å². The maximum Gasteiger partial charge on any atom is 0.315 e. The number of hydrogen-bond acceptors (Lipinski definition) is 3. The summed E-state index contributed by atoms with van der Waals surface area (Å²) in [6.07, 6.45) is 9.63. The van der Waals surface area contributed by atoms with E-state index in [-0.39, 0.29) is 24.0 Å². The molecule has 0 bridgehead atoms. The van der Waals surface area contributed by atoms with Gasteiger partial charge in [0.25, 0.3) is 0 Å². The molecule has 2 aliphatic heterocycles. The average molecular weight is 489 g/mol. The highest BCUT2D eigenvalue weighted by atomic mass is 16.2. The lowest BCUT2D eigenvalue weighted by atomic mass is 9.86. The Balaban J connectivity index is 1.15. The molecular weight excluding hydrogens is 448 g/mol. The Morgan fingerprint density at radius 3 is 2.33 bits per heavy atom. The van der Waals surface area contributed by atoms with Gasteiger partial charge in [0, 0.05) is 49.9 Å². The number of hydrogen-bond donors (Lipinski definition) is 2. The summed E-state index contributed by atoms with van der Waals surface area (Å²) in [6, 6.07) is 18.8. The van der Waals surface area contributed by atoms with Crippen LogP contribution in [0.5, 0.6) is 0 Å². The van der Waals surface area contributed by atoms with Crippen molar-refractivity contribution in [2.24, 2.45) is 5.92 Å². The van der Waals surface area contributed by atoms with Gasteiger partial charge in [-0.15, -0.1) is 0 Å². The summed E-state index contributed by atoms with van der Waals surface area (Å²) in [5.41, 5.74) is 3.54. The largest absolute Gasteiger partial charge is 0.335 e. The number of nitrogens with one attached hydrogen (secondary N) is 2. The number of carbonyl (C=O) groups excluding carboxylic acids is 2. The normalized spacial score (nSPS) is 21.6. The third-order valence-corrected chi connectivity index (χ3v) is 8.24. The lowest BCUT2D eigenvalue weighted by molar-refractivity contribution is -0.124. The minimum Gasteiger partial charge on any atom is -0.335 e. The van der Waals surface area contributed by atoms with Crippen molar-refractivity contribution >= 4 is 17.6 Å². The summed E-state index contributed by atoms with van der Waals surface area (Å²) in [5.74, 6) is 0.523. The van der Waals surface area contributed by atoms with Crippen molar-refractivity contribution in [1.29, 1.82) is 0 Å². The monoisotopic (exact) mass is 488 g/mol. The molecule has 1 aliphatic carbocycles. The fourth-order valence-corrected chi connectivity index (χ4v) is 6.20. The molecule has 2 aromatic carbocycles. The van der Waals surface area contributed by atoms with Gasteiger partial charge >= 0.3 is 6.03 Å². The molecule has 0 spiro atoms. The molecule has 3 aliphatic rings. The highest BCUT2D eigenvalue weighted by Gasteiger charge is 2.36. The van der Waals surface area contributed by atoms with Crippen LogP contribution in [-0.2, 0) is 17.8 Å². The first-order chi connectivity index (χ1) is 17.7. The van der Waals surface area contributed by atoms with Crippen LogP contribution in [0.4, 0.5) is 10.5 Å². The van der Waals surface area contributed by atoms with Crippen LogP contribution in [0.2, 0.25) is 0 Å². The first-order valence-electron chi connectivity index (χ1n) is 13.9. The van der Waals surface area contributed by atoms with Crippen molar-refractivity contribution < 1.29 is 9.59 Å². The van der Waals surface area contributed by atoms with Gasteiger partial charge in [-0.3, -0.25) is 4.79 Å². The third kappa shape index (κ3) is 6.09. The second-order valence-corrected chi connectivity index (χ2v) is 10.8. The van der Waals surface area contributed by atoms with Gasteiger partial charge in [0.1, 0.15) is 0 Å². The maximum atomic E-state index is 13.8. The zero-order valence-electron chi connectivity index (χ0n) is 21.3. The summed E-state index contributed by atoms with van der Waals surface area (Å²) < 4.78 is 0. The molecule has 36 heavy (non-hydrogen) atoms. The van der Waals surface area contributed by atoms with Gasteiger partial charge in [-0.25, -0.2) is 4.79 Å². The molecule has 6 heteroatoms. The molecule has 2 aromatic rings. The smallest absolute Gasteiger partial charge is 0.315 e. The lowest BCUT2D eigenvalue weighted by Gasteiger charge is -2.43. The Morgan fingerprint density at radius 2 is 1.56 bits per heavy atom. The van der Waals surface area contributed by atoms with E-state index in [4.69, 9.17) is 0 Å². The number of nitrogens with zero attached hydrogens (tertiary/aromatic N) is 2. The number of carbonyl (C=O) groups is 2. The van der Waals surface area contributed by atoms with E-state index in [1.54, 1.807) is 0 Å². The Labute approximate surface area is 215 Å².